The zero-order chi connectivity index (χ0) is 14.7. The molecule has 2 rings (SSSR count). The lowest BCUT2D eigenvalue weighted by Gasteiger charge is -2.34. The van der Waals surface area contributed by atoms with E-state index in [1.54, 1.807) is 0 Å². The number of carbonyl (C=O) groups excluding carboxylic acids is 1. The van der Waals surface area contributed by atoms with Crippen molar-refractivity contribution in [3.8, 4) is 0 Å². The van der Waals surface area contributed by atoms with Crippen LogP contribution in [0.4, 0.5) is 15.8 Å². The van der Waals surface area contributed by atoms with Crippen LogP contribution < -0.4 is 16.4 Å². The Balaban J connectivity index is 2.27. The van der Waals surface area contributed by atoms with E-state index in [2.05, 4.69) is 0 Å². The molecule has 1 amide bonds. The molecule has 1 unspecified atom stereocenters. The molecule has 5 N–H and O–H groups in total. The number of nitrogen functional groups attached to an aromatic ring is 1. The molecule has 0 aliphatic carbocycles. The molecule has 1 aliphatic rings. The zero-order valence-electron chi connectivity index (χ0n) is 11.3. The number of piperidine rings is 1. The van der Waals surface area contributed by atoms with Crippen LogP contribution in [0.25, 0.3) is 0 Å². The zero-order valence-corrected chi connectivity index (χ0v) is 11.3. The van der Waals surface area contributed by atoms with Crippen LogP contribution in [0.15, 0.2) is 12.1 Å². The maximum Gasteiger partial charge on any atom is 0.250 e. The SMILES string of the molecule is NC(=O)c1cc(N2CCCC(CCO)C2)c(F)cc1N. The topological polar surface area (TPSA) is 92.6 Å². The molecule has 0 radical (unpaired) electrons. The first-order valence-electron chi connectivity index (χ1n) is 6.77. The van der Waals surface area contributed by atoms with Gasteiger partial charge in [0, 0.05) is 25.4 Å². The van der Waals surface area contributed by atoms with Crippen molar-refractivity contribution in [3.05, 3.63) is 23.5 Å². The number of rotatable bonds is 4. The first kappa shape index (κ1) is 14.6. The Hall–Kier alpha value is -1.82. The van der Waals surface area contributed by atoms with E-state index in [9.17, 15) is 9.18 Å². The number of hydrogen-bond donors (Lipinski definition) is 3. The minimum Gasteiger partial charge on any atom is -0.398 e. The molecule has 1 aromatic rings. The van der Waals surface area contributed by atoms with Gasteiger partial charge in [0.25, 0.3) is 5.91 Å². The summed E-state index contributed by atoms with van der Waals surface area (Å²) in [6.07, 6.45) is 2.66. The molecule has 1 aromatic carbocycles. The van der Waals surface area contributed by atoms with Crippen molar-refractivity contribution in [1.82, 2.24) is 0 Å². The summed E-state index contributed by atoms with van der Waals surface area (Å²) in [7, 11) is 0. The average Bonchev–Trinajstić information content (AvgIpc) is 2.39. The van der Waals surface area contributed by atoms with Gasteiger partial charge in [-0.1, -0.05) is 0 Å². The van der Waals surface area contributed by atoms with Crippen LogP contribution in [-0.2, 0) is 0 Å². The van der Waals surface area contributed by atoms with E-state index in [-0.39, 0.29) is 17.9 Å². The molecule has 0 spiro atoms. The van der Waals surface area contributed by atoms with Gasteiger partial charge in [0.05, 0.1) is 11.3 Å². The van der Waals surface area contributed by atoms with Gasteiger partial charge < -0.3 is 21.5 Å². The van der Waals surface area contributed by atoms with Gasteiger partial charge in [-0.3, -0.25) is 4.79 Å². The van der Waals surface area contributed by atoms with E-state index < -0.39 is 11.7 Å². The molecular weight excluding hydrogens is 261 g/mol. The van der Waals surface area contributed by atoms with Crippen molar-refractivity contribution < 1.29 is 14.3 Å². The molecule has 0 aromatic heterocycles. The van der Waals surface area contributed by atoms with Crippen molar-refractivity contribution in [2.24, 2.45) is 11.7 Å². The lowest BCUT2D eigenvalue weighted by molar-refractivity contribution is 0.100. The number of anilines is 2. The molecule has 1 saturated heterocycles. The summed E-state index contributed by atoms with van der Waals surface area (Å²) in [5, 5.41) is 9.01. The molecular formula is C14H20FN3O2. The highest BCUT2D eigenvalue weighted by atomic mass is 19.1. The van der Waals surface area contributed by atoms with E-state index in [4.69, 9.17) is 16.6 Å². The fourth-order valence-corrected chi connectivity index (χ4v) is 2.74. The lowest BCUT2D eigenvalue weighted by Crippen LogP contribution is -2.36. The third-order valence-corrected chi connectivity index (χ3v) is 3.78. The first-order valence-corrected chi connectivity index (χ1v) is 6.77. The van der Waals surface area contributed by atoms with Gasteiger partial charge in [-0.15, -0.1) is 0 Å². The standard InChI is InChI=1S/C14H20FN3O2/c15-11-7-12(16)10(14(17)20)6-13(11)18-4-1-2-9(8-18)3-5-19/h6-7,9,19H,1-5,8,16H2,(H2,17,20). The van der Waals surface area contributed by atoms with Gasteiger partial charge in [-0.2, -0.15) is 0 Å². The normalized spacial score (nSPS) is 19.1. The molecule has 1 atom stereocenters. The molecule has 1 aliphatic heterocycles. The van der Waals surface area contributed by atoms with E-state index in [0.29, 0.717) is 24.6 Å². The molecule has 1 fully saturated rings. The fourth-order valence-electron chi connectivity index (χ4n) is 2.74. The summed E-state index contributed by atoms with van der Waals surface area (Å²) in [5.74, 6) is -0.771. The lowest BCUT2D eigenvalue weighted by atomic mass is 9.94. The maximum absolute atomic E-state index is 14.1. The van der Waals surface area contributed by atoms with Gasteiger partial charge in [0.1, 0.15) is 5.82 Å². The second-order valence-electron chi connectivity index (χ2n) is 5.22. The number of nitrogens with zero attached hydrogens (tertiary/aromatic N) is 1. The van der Waals surface area contributed by atoms with Gasteiger partial charge >= 0.3 is 0 Å². The van der Waals surface area contributed by atoms with E-state index >= 15 is 0 Å². The molecule has 5 nitrogen and oxygen atoms in total. The molecule has 6 heteroatoms. The molecule has 110 valence electrons. The summed E-state index contributed by atoms with van der Waals surface area (Å²) in [4.78, 5) is 13.2. The summed E-state index contributed by atoms with van der Waals surface area (Å²) < 4.78 is 14.1. The molecule has 0 saturated carbocycles. The van der Waals surface area contributed by atoms with E-state index in [1.165, 1.54) is 6.07 Å². The van der Waals surface area contributed by atoms with Crippen molar-refractivity contribution in [2.45, 2.75) is 19.3 Å². The molecule has 20 heavy (non-hydrogen) atoms. The second-order valence-corrected chi connectivity index (χ2v) is 5.22. The van der Waals surface area contributed by atoms with Gasteiger partial charge in [0.15, 0.2) is 0 Å². The number of carbonyl (C=O) groups is 1. The number of nitrogens with two attached hydrogens (primary N) is 2. The molecule has 1 heterocycles. The third-order valence-electron chi connectivity index (χ3n) is 3.78. The highest BCUT2D eigenvalue weighted by Gasteiger charge is 2.23. The average molecular weight is 281 g/mol. The van der Waals surface area contributed by atoms with Crippen molar-refractivity contribution in [1.29, 1.82) is 0 Å². The summed E-state index contributed by atoms with van der Waals surface area (Å²) in [6.45, 7) is 1.52. The van der Waals surface area contributed by atoms with Crippen molar-refractivity contribution in [2.75, 3.05) is 30.3 Å². The molecule has 0 bridgehead atoms. The van der Waals surface area contributed by atoms with Crippen molar-refractivity contribution in [3.63, 3.8) is 0 Å². The van der Waals surface area contributed by atoms with Crippen LogP contribution in [0.3, 0.4) is 0 Å². The number of halogens is 1. The van der Waals surface area contributed by atoms with Crippen LogP contribution >= 0.6 is 0 Å². The highest BCUT2D eigenvalue weighted by Crippen LogP contribution is 2.30. The number of hydrogen-bond acceptors (Lipinski definition) is 4. The quantitative estimate of drug-likeness (QED) is 0.721. The number of primary amides is 1. The summed E-state index contributed by atoms with van der Waals surface area (Å²) in [5.41, 5.74) is 11.4. The second kappa shape index (κ2) is 6.09. The van der Waals surface area contributed by atoms with Gasteiger partial charge in [0.2, 0.25) is 0 Å². The maximum atomic E-state index is 14.1. The summed E-state index contributed by atoms with van der Waals surface area (Å²) in [6, 6.07) is 2.57. The monoisotopic (exact) mass is 281 g/mol. The van der Waals surface area contributed by atoms with Crippen LogP contribution in [0.5, 0.6) is 0 Å². The Bertz CT molecular complexity index is 505. The van der Waals surface area contributed by atoms with Gasteiger partial charge in [-0.05, 0) is 37.3 Å². The van der Waals surface area contributed by atoms with E-state index in [0.717, 1.165) is 25.5 Å². The third kappa shape index (κ3) is 3.01. The predicted molar refractivity (Wildman–Crippen MR) is 76.0 cm³/mol. The Morgan fingerprint density at radius 3 is 2.90 bits per heavy atom. The van der Waals surface area contributed by atoms with Crippen LogP contribution in [0.2, 0.25) is 0 Å². The van der Waals surface area contributed by atoms with E-state index in [1.807, 2.05) is 4.90 Å². The van der Waals surface area contributed by atoms with Gasteiger partial charge in [-0.25, -0.2) is 4.39 Å². The minimum atomic E-state index is -0.660. The van der Waals surface area contributed by atoms with Crippen molar-refractivity contribution >= 4 is 17.3 Å². The van der Waals surface area contributed by atoms with Crippen LogP contribution in [-0.4, -0.2) is 30.7 Å². The van der Waals surface area contributed by atoms with Crippen LogP contribution in [0.1, 0.15) is 29.6 Å². The number of amides is 1. The highest BCUT2D eigenvalue weighted by molar-refractivity contribution is 5.99. The Morgan fingerprint density at radius 2 is 2.25 bits per heavy atom. The fraction of sp³-hybridized carbons (Fsp3) is 0.500. The largest absolute Gasteiger partial charge is 0.398 e. The predicted octanol–water partition coefficient (Wildman–Crippen LogP) is 1.11. The Morgan fingerprint density at radius 1 is 1.50 bits per heavy atom. The Labute approximate surface area is 117 Å². The summed E-state index contributed by atoms with van der Waals surface area (Å²) >= 11 is 0. The minimum absolute atomic E-state index is 0.0580. The smallest absolute Gasteiger partial charge is 0.250 e. The number of aliphatic hydroxyl groups excluding tert-OH is 1. The van der Waals surface area contributed by atoms with Crippen LogP contribution in [0, 0.1) is 11.7 Å². The first-order chi connectivity index (χ1) is 9.52. The number of aliphatic hydroxyl groups is 1. The number of benzene rings is 1. The Kier molecular flexibility index (Phi) is 4.44.